The van der Waals surface area contributed by atoms with Gasteiger partial charge in [0.25, 0.3) is 0 Å². The molecule has 4 rings (SSSR count). The standard InChI is InChI=1S/C28H25O3P/c1-21-10-8-9-15-25(21)27-18-23(16-17-26(27)28(29)30)20-32(31,24-13-6-3-7-14-24)19-22-11-4-2-5-12-22/h2-18H,19-20H2,1H3,(H,29,30). The molecule has 0 saturated heterocycles. The van der Waals surface area contributed by atoms with Gasteiger partial charge in [-0.2, -0.15) is 0 Å². The molecule has 32 heavy (non-hydrogen) atoms. The van der Waals surface area contributed by atoms with Gasteiger partial charge in [0.15, 0.2) is 0 Å². The average molecular weight is 440 g/mol. The molecule has 0 radical (unpaired) electrons. The monoisotopic (exact) mass is 440 g/mol. The minimum Gasteiger partial charge on any atom is -0.478 e. The Kier molecular flexibility index (Phi) is 6.39. The first-order valence-electron chi connectivity index (χ1n) is 10.6. The molecule has 0 fully saturated rings. The Morgan fingerprint density at radius 2 is 1.31 bits per heavy atom. The van der Waals surface area contributed by atoms with Crippen LogP contribution in [0.5, 0.6) is 0 Å². The molecule has 0 aliphatic carbocycles. The first kappa shape index (κ1) is 21.8. The molecular formula is C28H25O3P. The van der Waals surface area contributed by atoms with Crippen LogP contribution in [0.1, 0.15) is 27.0 Å². The van der Waals surface area contributed by atoms with Crippen molar-refractivity contribution in [2.24, 2.45) is 0 Å². The number of aromatic carboxylic acids is 1. The molecule has 0 spiro atoms. The van der Waals surface area contributed by atoms with Gasteiger partial charge in [-0.25, -0.2) is 4.79 Å². The van der Waals surface area contributed by atoms with Gasteiger partial charge in [0, 0.05) is 17.6 Å². The topological polar surface area (TPSA) is 54.4 Å². The number of carboxylic acids is 1. The van der Waals surface area contributed by atoms with Crippen LogP contribution in [0.4, 0.5) is 0 Å². The molecule has 4 heteroatoms. The van der Waals surface area contributed by atoms with Gasteiger partial charge in [0.05, 0.1) is 5.56 Å². The lowest BCUT2D eigenvalue weighted by molar-refractivity contribution is 0.0697. The summed E-state index contributed by atoms with van der Waals surface area (Å²) in [5.74, 6) is -0.967. The van der Waals surface area contributed by atoms with E-state index in [0.29, 0.717) is 17.9 Å². The summed E-state index contributed by atoms with van der Waals surface area (Å²) in [6.07, 6.45) is 0.822. The first-order chi connectivity index (χ1) is 15.5. The van der Waals surface area contributed by atoms with E-state index in [9.17, 15) is 14.5 Å². The SMILES string of the molecule is Cc1ccccc1-c1cc(CP(=O)(Cc2ccccc2)c2ccccc2)ccc1C(=O)O. The molecule has 1 unspecified atom stereocenters. The van der Waals surface area contributed by atoms with E-state index < -0.39 is 13.1 Å². The lowest BCUT2D eigenvalue weighted by atomic mass is 9.94. The Labute approximate surface area is 188 Å². The molecule has 4 aromatic rings. The van der Waals surface area contributed by atoms with E-state index in [-0.39, 0.29) is 5.56 Å². The summed E-state index contributed by atoms with van der Waals surface area (Å²) < 4.78 is 14.4. The molecule has 0 aromatic heterocycles. The fourth-order valence-electron chi connectivity index (χ4n) is 4.09. The molecule has 160 valence electrons. The Hall–Kier alpha value is -3.42. The van der Waals surface area contributed by atoms with Crippen LogP contribution in [0.3, 0.4) is 0 Å². The van der Waals surface area contributed by atoms with E-state index >= 15 is 0 Å². The third kappa shape index (κ3) is 4.74. The number of carbonyl (C=O) groups is 1. The van der Waals surface area contributed by atoms with Gasteiger partial charge in [-0.05, 0) is 46.9 Å². The van der Waals surface area contributed by atoms with Crippen LogP contribution in [0, 0.1) is 6.92 Å². The van der Waals surface area contributed by atoms with Crippen LogP contribution in [-0.4, -0.2) is 11.1 Å². The second-order valence-corrected chi connectivity index (χ2v) is 11.0. The van der Waals surface area contributed by atoms with E-state index in [1.807, 2.05) is 97.9 Å². The third-order valence-corrected chi connectivity index (χ3v) is 8.69. The molecule has 0 amide bonds. The second kappa shape index (κ2) is 9.38. The maximum atomic E-state index is 14.4. The van der Waals surface area contributed by atoms with Gasteiger partial charge in [-0.1, -0.05) is 91.0 Å². The normalized spacial score (nSPS) is 12.8. The molecule has 0 heterocycles. The van der Waals surface area contributed by atoms with Gasteiger partial charge in [0.1, 0.15) is 7.14 Å². The molecule has 3 nitrogen and oxygen atoms in total. The Bertz CT molecular complexity index is 1280. The molecule has 0 bridgehead atoms. The van der Waals surface area contributed by atoms with Crippen molar-refractivity contribution in [2.45, 2.75) is 19.2 Å². The molecule has 1 atom stereocenters. The van der Waals surface area contributed by atoms with Crippen molar-refractivity contribution >= 4 is 18.4 Å². The van der Waals surface area contributed by atoms with Crippen molar-refractivity contribution in [3.05, 3.63) is 125 Å². The first-order valence-corrected chi connectivity index (χ1v) is 12.6. The van der Waals surface area contributed by atoms with Crippen LogP contribution in [0.15, 0.2) is 103 Å². The van der Waals surface area contributed by atoms with Crippen LogP contribution in [0.2, 0.25) is 0 Å². The van der Waals surface area contributed by atoms with Gasteiger partial charge < -0.3 is 9.67 Å². The summed E-state index contributed by atoms with van der Waals surface area (Å²) in [5, 5.41) is 10.6. The fraction of sp³-hybridized carbons (Fsp3) is 0.107. The van der Waals surface area contributed by atoms with E-state index in [0.717, 1.165) is 27.6 Å². The van der Waals surface area contributed by atoms with Crippen LogP contribution in [0.25, 0.3) is 11.1 Å². The fourth-order valence-corrected chi connectivity index (χ4v) is 6.87. The van der Waals surface area contributed by atoms with Crippen LogP contribution in [-0.2, 0) is 16.9 Å². The Balaban J connectivity index is 1.79. The van der Waals surface area contributed by atoms with Gasteiger partial charge in [-0.3, -0.25) is 0 Å². The highest BCUT2D eigenvalue weighted by atomic mass is 31.2. The molecule has 0 aliphatic heterocycles. The molecular weight excluding hydrogens is 415 g/mol. The van der Waals surface area contributed by atoms with E-state index in [2.05, 4.69) is 0 Å². The smallest absolute Gasteiger partial charge is 0.336 e. The predicted molar refractivity (Wildman–Crippen MR) is 131 cm³/mol. The number of aryl methyl sites for hydroxylation is 1. The second-order valence-electron chi connectivity index (χ2n) is 8.03. The molecule has 0 aliphatic rings. The third-order valence-electron chi connectivity index (χ3n) is 5.70. The van der Waals surface area contributed by atoms with Gasteiger partial charge >= 0.3 is 5.97 Å². The summed E-state index contributed by atoms with van der Waals surface area (Å²) in [6, 6.07) is 32.6. The van der Waals surface area contributed by atoms with Gasteiger partial charge in [0.2, 0.25) is 0 Å². The van der Waals surface area contributed by atoms with Crippen LogP contribution >= 0.6 is 7.14 Å². The molecule has 1 N–H and O–H groups in total. The maximum absolute atomic E-state index is 14.4. The quantitative estimate of drug-likeness (QED) is 0.324. The van der Waals surface area contributed by atoms with Gasteiger partial charge in [-0.15, -0.1) is 0 Å². The highest BCUT2D eigenvalue weighted by Crippen LogP contribution is 2.51. The summed E-state index contributed by atoms with van der Waals surface area (Å²) in [4.78, 5) is 11.9. The van der Waals surface area contributed by atoms with Crippen molar-refractivity contribution in [3.63, 3.8) is 0 Å². The van der Waals surface area contributed by atoms with Crippen molar-refractivity contribution < 1.29 is 14.5 Å². The zero-order valence-corrected chi connectivity index (χ0v) is 18.8. The van der Waals surface area contributed by atoms with Crippen molar-refractivity contribution in [3.8, 4) is 11.1 Å². The van der Waals surface area contributed by atoms with E-state index in [4.69, 9.17) is 0 Å². The van der Waals surface area contributed by atoms with E-state index in [1.165, 1.54) is 0 Å². The average Bonchev–Trinajstić information content (AvgIpc) is 2.80. The lowest BCUT2D eigenvalue weighted by Crippen LogP contribution is -2.09. The van der Waals surface area contributed by atoms with Crippen molar-refractivity contribution in [2.75, 3.05) is 0 Å². The Morgan fingerprint density at radius 1 is 0.719 bits per heavy atom. The van der Waals surface area contributed by atoms with E-state index in [1.54, 1.807) is 12.1 Å². The van der Waals surface area contributed by atoms with Crippen LogP contribution < -0.4 is 5.30 Å². The number of hydrogen-bond donors (Lipinski definition) is 1. The Morgan fingerprint density at radius 3 is 1.97 bits per heavy atom. The largest absolute Gasteiger partial charge is 0.478 e. The van der Waals surface area contributed by atoms with Crippen molar-refractivity contribution in [1.29, 1.82) is 0 Å². The zero-order valence-electron chi connectivity index (χ0n) is 17.9. The number of carboxylic acid groups (broad SMARTS) is 1. The van der Waals surface area contributed by atoms with Crippen molar-refractivity contribution in [1.82, 2.24) is 0 Å². The number of rotatable bonds is 7. The molecule has 0 saturated carbocycles. The molecule has 4 aromatic carbocycles. The zero-order chi connectivity index (χ0) is 22.6. The summed E-state index contributed by atoms with van der Waals surface area (Å²) in [6.45, 7) is 1.97. The minimum atomic E-state index is -2.83. The highest BCUT2D eigenvalue weighted by Gasteiger charge is 2.26. The lowest BCUT2D eigenvalue weighted by Gasteiger charge is -2.20. The number of benzene rings is 4. The highest BCUT2D eigenvalue weighted by molar-refractivity contribution is 7.70. The number of hydrogen-bond acceptors (Lipinski definition) is 2. The minimum absolute atomic E-state index is 0.251. The maximum Gasteiger partial charge on any atom is 0.336 e. The summed E-state index contributed by atoms with van der Waals surface area (Å²) in [7, 11) is -2.83. The summed E-state index contributed by atoms with van der Waals surface area (Å²) in [5.41, 5.74) is 4.69. The summed E-state index contributed by atoms with van der Waals surface area (Å²) >= 11 is 0. The predicted octanol–water partition coefficient (Wildman–Crippen LogP) is 6.75.